The number of fused-ring (bicyclic) bond motifs is 1. The van der Waals surface area contributed by atoms with Gasteiger partial charge in [0.25, 0.3) is 0 Å². The van der Waals surface area contributed by atoms with Gasteiger partial charge in [-0.3, -0.25) is 14.4 Å². The SMILES string of the molecule is CC1(C)O[C@H]2CC(=O)OC[C@]23[C@H]2CC[C@@]4(C)[C@H](c5ccoc5)OC(=O)[C@H]5O[C@]54[C@]2(C)C(=O)C[C@@H]13.CC1=C(O)C(=O)C(C(C)C)CC1. The molecular formula is C36H46O10. The van der Waals surface area contributed by atoms with Crippen LogP contribution in [0.3, 0.4) is 0 Å². The van der Waals surface area contributed by atoms with E-state index in [0.717, 1.165) is 30.4 Å². The Kier molecular flexibility index (Phi) is 6.88. The number of ketones is 2. The largest absolute Gasteiger partial charge is 0.504 e. The molecule has 10 heteroatoms. The predicted molar refractivity (Wildman–Crippen MR) is 162 cm³/mol. The molecular weight excluding hydrogens is 592 g/mol. The molecule has 7 aliphatic rings. The van der Waals surface area contributed by atoms with Gasteiger partial charge in [0.15, 0.2) is 17.6 Å². The first-order valence-corrected chi connectivity index (χ1v) is 16.8. The predicted octanol–water partition coefficient (Wildman–Crippen LogP) is 5.59. The van der Waals surface area contributed by atoms with Crippen molar-refractivity contribution in [3.05, 3.63) is 35.5 Å². The Hall–Kier alpha value is -2.98. The molecule has 1 aromatic heterocycles. The molecule has 0 aromatic carbocycles. The first-order chi connectivity index (χ1) is 21.6. The van der Waals surface area contributed by atoms with Crippen LogP contribution in [0.2, 0.25) is 0 Å². The standard InChI is InChI=1S/C26H30O8.C10H16O2/c1-22(2)15-9-16(27)24(4)14(25(15)12-31-18(28)10-17(25)33-22)5-7-23(3)19(13-6-8-30-11-13)32-21(29)20-26(23,24)34-20;1-6(2)8-5-4-7(3)9(11)10(8)12/h6,8,11,14-15,17,19-20H,5,7,9-10,12H2,1-4H3;6,8,11H,4-5H2,1-3H3/t14-,15-,17-,19-,20+,23-,24-,25+,26+;/m0./s1. The van der Waals surface area contributed by atoms with Crippen molar-refractivity contribution in [2.24, 2.45) is 39.9 Å². The number of hydrogen-bond donors (Lipinski definition) is 1. The monoisotopic (exact) mass is 638 g/mol. The van der Waals surface area contributed by atoms with Crippen LogP contribution in [0.15, 0.2) is 34.3 Å². The number of allylic oxidation sites excluding steroid dienone is 2. The maximum atomic E-state index is 14.2. The van der Waals surface area contributed by atoms with Gasteiger partial charge in [0.1, 0.15) is 24.1 Å². The van der Waals surface area contributed by atoms with E-state index in [-0.39, 0.29) is 60.2 Å². The molecule has 6 fully saturated rings. The fourth-order valence-electron chi connectivity index (χ4n) is 11.0. The molecule has 0 amide bonds. The first kappa shape index (κ1) is 31.6. The van der Waals surface area contributed by atoms with E-state index in [1.54, 1.807) is 12.5 Å². The summed E-state index contributed by atoms with van der Waals surface area (Å²) in [7, 11) is 0. The molecule has 2 spiro atoms. The van der Waals surface area contributed by atoms with Crippen molar-refractivity contribution in [3.8, 4) is 0 Å². The lowest BCUT2D eigenvalue weighted by molar-refractivity contribution is -0.225. The van der Waals surface area contributed by atoms with Crippen molar-refractivity contribution in [2.45, 2.75) is 117 Å². The van der Waals surface area contributed by atoms with Crippen LogP contribution in [-0.2, 0) is 38.1 Å². The van der Waals surface area contributed by atoms with E-state index in [2.05, 4.69) is 6.92 Å². The van der Waals surface area contributed by atoms with Crippen LogP contribution in [0.4, 0.5) is 0 Å². The van der Waals surface area contributed by atoms with Crippen LogP contribution >= 0.6 is 0 Å². The number of aliphatic hydroxyl groups is 1. The zero-order chi connectivity index (χ0) is 33.2. The van der Waals surface area contributed by atoms with Crippen molar-refractivity contribution in [1.82, 2.24) is 0 Å². The number of carbonyl (C=O) groups excluding carboxylic acids is 4. The highest BCUT2D eigenvalue weighted by Gasteiger charge is 2.89. The molecule has 8 rings (SSSR count). The number of rotatable bonds is 2. The van der Waals surface area contributed by atoms with Crippen LogP contribution in [0.25, 0.3) is 0 Å². The fourth-order valence-corrected chi connectivity index (χ4v) is 11.0. The molecule has 4 saturated heterocycles. The highest BCUT2D eigenvalue weighted by molar-refractivity contribution is 5.96. The van der Waals surface area contributed by atoms with Gasteiger partial charge in [-0.05, 0) is 76.9 Å². The van der Waals surface area contributed by atoms with Crippen LogP contribution in [0.1, 0.15) is 98.7 Å². The average Bonchev–Trinajstić information content (AvgIpc) is 3.48. The topological polar surface area (TPSA) is 142 Å². The van der Waals surface area contributed by atoms with E-state index < -0.39 is 45.6 Å². The lowest BCUT2D eigenvalue weighted by atomic mass is 9.37. The molecule has 0 radical (unpaired) electrons. The summed E-state index contributed by atoms with van der Waals surface area (Å²) in [6.07, 6.45) is 5.22. The van der Waals surface area contributed by atoms with Crippen LogP contribution in [0, 0.1) is 39.9 Å². The Morgan fingerprint density at radius 3 is 2.37 bits per heavy atom. The van der Waals surface area contributed by atoms with Crippen LogP contribution in [0.5, 0.6) is 0 Å². The van der Waals surface area contributed by atoms with Crippen molar-refractivity contribution in [3.63, 3.8) is 0 Å². The summed E-state index contributed by atoms with van der Waals surface area (Å²) >= 11 is 0. The number of esters is 2. The molecule has 250 valence electrons. The van der Waals surface area contributed by atoms with E-state index in [1.807, 2.05) is 47.6 Å². The second kappa shape index (κ2) is 10.0. The highest BCUT2D eigenvalue weighted by Crippen LogP contribution is 2.79. The Bertz CT molecular complexity index is 1520. The number of furan rings is 1. The summed E-state index contributed by atoms with van der Waals surface area (Å²) in [5.41, 5.74) is -1.93. The number of carbonyl (C=O) groups is 4. The fraction of sp³-hybridized carbons (Fsp3) is 0.722. The third kappa shape index (κ3) is 3.83. The molecule has 1 unspecified atom stereocenters. The van der Waals surface area contributed by atoms with Crippen molar-refractivity contribution < 1.29 is 47.6 Å². The molecule has 0 bridgehead atoms. The summed E-state index contributed by atoms with van der Waals surface area (Å²) in [4.78, 5) is 51.1. The minimum atomic E-state index is -0.976. The number of hydrogen-bond acceptors (Lipinski definition) is 10. The Morgan fingerprint density at radius 2 is 1.70 bits per heavy atom. The summed E-state index contributed by atoms with van der Waals surface area (Å²) in [6, 6.07) is 1.81. The molecule has 5 heterocycles. The summed E-state index contributed by atoms with van der Waals surface area (Å²) < 4.78 is 29.8. The molecule has 46 heavy (non-hydrogen) atoms. The summed E-state index contributed by atoms with van der Waals surface area (Å²) in [6.45, 7) is 14.2. The van der Waals surface area contributed by atoms with Gasteiger partial charge in [-0.1, -0.05) is 20.8 Å². The normalized spacial score (nSPS) is 45.3. The minimum absolute atomic E-state index is 0.0138. The van der Waals surface area contributed by atoms with E-state index in [4.69, 9.17) is 23.4 Å². The van der Waals surface area contributed by atoms with Gasteiger partial charge >= 0.3 is 11.9 Å². The van der Waals surface area contributed by atoms with Gasteiger partial charge in [0, 0.05) is 34.7 Å². The molecule has 1 N–H and O–H groups in total. The minimum Gasteiger partial charge on any atom is -0.504 e. The first-order valence-electron chi connectivity index (χ1n) is 16.8. The lowest BCUT2D eigenvalue weighted by Gasteiger charge is -2.65. The van der Waals surface area contributed by atoms with Crippen LogP contribution < -0.4 is 0 Å². The van der Waals surface area contributed by atoms with E-state index in [1.165, 1.54) is 0 Å². The van der Waals surface area contributed by atoms with Gasteiger partial charge in [-0.2, -0.15) is 0 Å². The molecule has 4 aliphatic heterocycles. The van der Waals surface area contributed by atoms with Gasteiger partial charge in [-0.15, -0.1) is 0 Å². The Balaban J connectivity index is 0.000000240. The van der Waals surface area contributed by atoms with Crippen molar-refractivity contribution in [1.29, 1.82) is 0 Å². The number of Topliss-reactive ketones (excluding diaryl/α,β-unsaturated/α-hetero) is 2. The number of epoxide rings is 1. The van der Waals surface area contributed by atoms with Crippen molar-refractivity contribution >= 4 is 23.5 Å². The molecule has 1 aromatic rings. The summed E-state index contributed by atoms with van der Waals surface area (Å²) in [5, 5.41) is 9.40. The van der Waals surface area contributed by atoms with Gasteiger partial charge in [-0.25, -0.2) is 4.79 Å². The second-order valence-corrected chi connectivity index (χ2v) is 16.1. The molecule has 3 aliphatic carbocycles. The molecule has 10 nitrogen and oxygen atoms in total. The zero-order valence-corrected chi connectivity index (χ0v) is 27.8. The number of aliphatic hydroxyl groups excluding tert-OH is 1. The third-order valence-electron chi connectivity index (χ3n) is 13.4. The maximum absolute atomic E-state index is 14.2. The van der Waals surface area contributed by atoms with E-state index in [0.29, 0.717) is 18.8 Å². The third-order valence-corrected chi connectivity index (χ3v) is 13.4. The zero-order valence-electron chi connectivity index (χ0n) is 27.8. The number of ether oxygens (including phenoxy) is 4. The van der Waals surface area contributed by atoms with E-state index in [9.17, 15) is 24.3 Å². The van der Waals surface area contributed by atoms with Gasteiger partial charge < -0.3 is 28.5 Å². The maximum Gasteiger partial charge on any atom is 0.339 e. The van der Waals surface area contributed by atoms with Crippen LogP contribution in [-0.4, -0.2) is 58.6 Å². The number of cyclic esters (lactones) is 2. The smallest absolute Gasteiger partial charge is 0.339 e. The lowest BCUT2D eigenvalue weighted by Crippen LogP contribution is -2.72. The summed E-state index contributed by atoms with van der Waals surface area (Å²) in [5.74, 6) is -0.451. The van der Waals surface area contributed by atoms with E-state index >= 15 is 0 Å². The Labute approximate surface area is 269 Å². The average molecular weight is 639 g/mol. The second-order valence-electron chi connectivity index (χ2n) is 16.1. The van der Waals surface area contributed by atoms with Crippen molar-refractivity contribution in [2.75, 3.05) is 6.61 Å². The Morgan fingerprint density at radius 1 is 0.957 bits per heavy atom. The van der Waals surface area contributed by atoms with Gasteiger partial charge in [0.2, 0.25) is 0 Å². The molecule has 10 atom stereocenters. The highest BCUT2D eigenvalue weighted by atomic mass is 16.7. The molecule has 2 saturated carbocycles. The quantitative estimate of drug-likeness (QED) is 0.322. The van der Waals surface area contributed by atoms with Gasteiger partial charge in [0.05, 0.1) is 36.1 Å².